The van der Waals surface area contributed by atoms with Crippen LogP contribution in [0, 0.1) is 12.7 Å². The van der Waals surface area contributed by atoms with Crippen molar-refractivity contribution in [1.29, 1.82) is 0 Å². The van der Waals surface area contributed by atoms with E-state index >= 15 is 4.39 Å². The summed E-state index contributed by atoms with van der Waals surface area (Å²) in [7, 11) is 0. The van der Waals surface area contributed by atoms with Crippen LogP contribution in [-0.4, -0.2) is 60.8 Å². The summed E-state index contributed by atoms with van der Waals surface area (Å²) in [4.78, 5) is 19.8. The van der Waals surface area contributed by atoms with E-state index in [1.807, 2.05) is 24.5 Å². The predicted molar refractivity (Wildman–Crippen MR) is 145 cm³/mol. The fraction of sp³-hybridized carbons (Fsp3) is 0.310. The van der Waals surface area contributed by atoms with Crippen molar-refractivity contribution in [2.45, 2.75) is 32.9 Å². The van der Waals surface area contributed by atoms with Crippen molar-refractivity contribution in [3.8, 4) is 28.6 Å². The van der Waals surface area contributed by atoms with E-state index in [1.165, 1.54) is 6.07 Å². The van der Waals surface area contributed by atoms with Crippen LogP contribution >= 0.6 is 0 Å². The maximum atomic E-state index is 15.5. The maximum absolute atomic E-state index is 15.5. The summed E-state index contributed by atoms with van der Waals surface area (Å²) in [6, 6.07) is 10.6. The molecule has 1 N–H and O–H groups in total. The molecule has 6 rings (SSSR count). The second kappa shape index (κ2) is 9.87. The highest BCUT2D eigenvalue weighted by Gasteiger charge is 2.34. The minimum Gasteiger partial charge on any atom is -0.467 e. The first-order chi connectivity index (χ1) is 18.9. The van der Waals surface area contributed by atoms with E-state index < -0.39 is 11.5 Å². The lowest BCUT2D eigenvalue weighted by atomic mass is 10.0. The molecule has 200 valence electrons. The molecule has 0 amide bonds. The van der Waals surface area contributed by atoms with Crippen molar-refractivity contribution in [2.75, 3.05) is 26.2 Å². The third kappa shape index (κ3) is 4.55. The number of pyridine rings is 1. The van der Waals surface area contributed by atoms with Crippen molar-refractivity contribution in [1.82, 2.24) is 29.4 Å². The molecule has 1 aliphatic heterocycles. The average molecular weight is 529 g/mol. The van der Waals surface area contributed by atoms with Gasteiger partial charge in [0.1, 0.15) is 22.8 Å². The quantitative estimate of drug-likeness (QED) is 0.299. The topological polar surface area (TPSA) is 98.4 Å². The van der Waals surface area contributed by atoms with Gasteiger partial charge in [-0.3, -0.25) is 9.55 Å². The third-order valence-electron chi connectivity index (χ3n) is 7.28. The molecule has 0 radical (unpaired) electrons. The van der Waals surface area contributed by atoms with Gasteiger partial charge in [-0.15, -0.1) is 0 Å². The highest BCUT2D eigenvalue weighted by molar-refractivity contribution is 6.04. The van der Waals surface area contributed by atoms with Crippen LogP contribution in [0.1, 0.15) is 26.0 Å². The molecule has 0 aliphatic carbocycles. The van der Waals surface area contributed by atoms with Crippen LogP contribution in [0.25, 0.3) is 33.1 Å². The number of benzene rings is 2. The van der Waals surface area contributed by atoms with E-state index in [2.05, 4.69) is 31.8 Å². The normalized spacial score (nSPS) is 16.4. The standard InChI is InChI=1S/C29H29FN6O3/c1-4-35(11-12-37)10-8-29(3)36-17-33-25-16-32-24-15-23(30)21(14-22(24)27(25)36)20-6-5-19(13-26(20)39-29)38-28-31-9-7-18(2)34-28/h5-7,9,13-17,37H,4,8,10-12H2,1-3H3. The number of aliphatic hydroxyl groups excluding tert-OH is 1. The number of rotatable bonds is 8. The van der Waals surface area contributed by atoms with Gasteiger partial charge in [0, 0.05) is 60.0 Å². The molecule has 9 nitrogen and oxygen atoms in total. The summed E-state index contributed by atoms with van der Waals surface area (Å²) in [5, 5.41) is 10.3. The Kier molecular flexibility index (Phi) is 6.36. The molecule has 2 aromatic carbocycles. The Morgan fingerprint density at radius 3 is 2.74 bits per heavy atom. The summed E-state index contributed by atoms with van der Waals surface area (Å²) in [6.07, 6.45) is 5.62. The third-order valence-corrected chi connectivity index (χ3v) is 7.28. The lowest BCUT2D eigenvalue weighted by Gasteiger charge is -2.35. The van der Waals surface area contributed by atoms with E-state index in [1.54, 1.807) is 43.0 Å². The van der Waals surface area contributed by atoms with Crippen LogP contribution in [0.15, 0.2) is 55.1 Å². The van der Waals surface area contributed by atoms with E-state index in [-0.39, 0.29) is 12.6 Å². The molecule has 0 saturated heterocycles. The monoisotopic (exact) mass is 528 g/mol. The zero-order valence-electron chi connectivity index (χ0n) is 22.1. The number of halogens is 1. The first-order valence-corrected chi connectivity index (χ1v) is 13.0. The number of hydrogen-bond donors (Lipinski definition) is 1. The summed E-state index contributed by atoms with van der Waals surface area (Å²) in [5.41, 5.74) is 2.93. The summed E-state index contributed by atoms with van der Waals surface area (Å²) in [5.74, 6) is 0.520. The molecule has 39 heavy (non-hydrogen) atoms. The molecule has 1 unspecified atom stereocenters. The zero-order valence-corrected chi connectivity index (χ0v) is 22.1. The van der Waals surface area contributed by atoms with Gasteiger partial charge in [-0.1, -0.05) is 6.92 Å². The Hall–Kier alpha value is -4.15. The van der Waals surface area contributed by atoms with Gasteiger partial charge in [0.2, 0.25) is 0 Å². The molecule has 0 fully saturated rings. The number of nitrogens with zero attached hydrogens (tertiary/aromatic N) is 6. The number of fused-ring (bicyclic) bond motifs is 3. The Balaban J connectivity index is 1.52. The lowest BCUT2D eigenvalue weighted by molar-refractivity contribution is -0.00384. The number of aliphatic hydroxyl groups is 1. The van der Waals surface area contributed by atoms with Gasteiger partial charge in [0.25, 0.3) is 0 Å². The first-order valence-electron chi connectivity index (χ1n) is 13.0. The molecule has 2 bridgehead atoms. The minimum absolute atomic E-state index is 0.0708. The number of hydrogen-bond acceptors (Lipinski definition) is 8. The van der Waals surface area contributed by atoms with Gasteiger partial charge in [0.15, 0.2) is 5.72 Å². The van der Waals surface area contributed by atoms with E-state index in [4.69, 9.17) is 9.47 Å². The Morgan fingerprint density at radius 1 is 1.08 bits per heavy atom. The second-order valence-electron chi connectivity index (χ2n) is 9.88. The summed E-state index contributed by atoms with van der Waals surface area (Å²) >= 11 is 0. The van der Waals surface area contributed by atoms with Crippen LogP contribution < -0.4 is 9.47 Å². The van der Waals surface area contributed by atoms with E-state index in [9.17, 15) is 5.11 Å². The molecule has 10 heteroatoms. The molecule has 5 aromatic rings. The van der Waals surface area contributed by atoms with Gasteiger partial charge in [-0.25, -0.2) is 19.3 Å². The van der Waals surface area contributed by atoms with Crippen molar-refractivity contribution in [3.05, 3.63) is 66.6 Å². The number of imidazole rings is 1. The summed E-state index contributed by atoms with van der Waals surface area (Å²) in [6.45, 7) is 8.00. The van der Waals surface area contributed by atoms with Crippen LogP contribution in [0.4, 0.5) is 4.39 Å². The van der Waals surface area contributed by atoms with Gasteiger partial charge in [0.05, 0.1) is 30.2 Å². The zero-order chi connectivity index (χ0) is 27.1. The first kappa shape index (κ1) is 25.1. The van der Waals surface area contributed by atoms with Crippen molar-refractivity contribution in [3.63, 3.8) is 0 Å². The molecular formula is C29H29FN6O3. The molecule has 0 spiro atoms. The van der Waals surface area contributed by atoms with Crippen molar-refractivity contribution in [2.24, 2.45) is 0 Å². The maximum Gasteiger partial charge on any atom is 0.322 e. The van der Waals surface area contributed by atoms with E-state index in [0.717, 1.165) is 23.1 Å². The lowest BCUT2D eigenvalue weighted by Crippen LogP contribution is -2.41. The predicted octanol–water partition coefficient (Wildman–Crippen LogP) is 5.05. The molecule has 4 heterocycles. The van der Waals surface area contributed by atoms with Crippen LogP contribution in [-0.2, 0) is 5.72 Å². The molecule has 1 aliphatic rings. The fourth-order valence-corrected chi connectivity index (χ4v) is 5.13. The summed E-state index contributed by atoms with van der Waals surface area (Å²) < 4.78 is 30.3. The van der Waals surface area contributed by atoms with Crippen LogP contribution in [0.3, 0.4) is 0 Å². The van der Waals surface area contributed by atoms with E-state index in [0.29, 0.717) is 53.2 Å². The van der Waals surface area contributed by atoms with Gasteiger partial charge >= 0.3 is 6.01 Å². The Morgan fingerprint density at radius 2 is 1.95 bits per heavy atom. The number of likely N-dealkylation sites (N-methyl/N-ethyl adjacent to an activating group) is 1. The van der Waals surface area contributed by atoms with Crippen molar-refractivity contribution >= 4 is 21.9 Å². The smallest absolute Gasteiger partial charge is 0.322 e. The Labute approximate surface area is 224 Å². The SMILES string of the molecule is CCN(CCO)CCC1(C)Oc2cc(Oc3nccc(C)n3)ccc2-c2cc3c(cc2F)ncc2ncn1c23. The van der Waals surface area contributed by atoms with Crippen molar-refractivity contribution < 1.29 is 19.0 Å². The van der Waals surface area contributed by atoms with Crippen LogP contribution in [0.5, 0.6) is 17.5 Å². The highest BCUT2D eigenvalue weighted by atomic mass is 19.1. The molecular weight excluding hydrogens is 499 g/mol. The largest absolute Gasteiger partial charge is 0.467 e. The average Bonchev–Trinajstić information content (AvgIpc) is 3.37. The van der Waals surface area contributed by atoms with Gasteiger partial charge in [-0.2, -0.15) is 0 Å². The number of ether oxygens (including phenoxy) is 2. The number of aryl methyl sites for hydroxylation is 1. The number of aromatic nitrogens is 5. The molecule has 1 atom stereocenters. The van der Waals surface area contributed by atoms with Crippen LogP contribution in [0.2, 0.25) is 0 Å². The molecule has 0 saturated carbocycles. The molecule has 3 aromatic heterocycles. The minimum atomic E-state index is -0.914. The Bertz CT molecular complexity index is 1690. The van der Waals surface area contributed by atoms with Gasteiger partial charge in [-0.05, 0) is 44.7 Å². The second-order valence-corrected chi connectivity index (χ2v) is 9.88. The fourth-order valence-electron chi connectivity index (χ4n) is 5.13. The highest BCUT2D eigenvalue weighted by Crippen LogP contribution is 2.43. The van der Waals surface area contributed by atoms with Gasteiger partial charge < -0.3 is 19.5 Å².